The first-order valence-corrected chi connectivity index (χ1v) is 12.9. The van der Waals surface area contributed by atoms with Crippen molar-refractivity contribution in [3.63, 3.8) is 0 Å². The van der Waals surface area contributed by atoms with E-state index in [-0.39, 0.29) is 11.8 Å². The summed E-state index contributed by atoms with van der Waals surface area (Å²) in [6, 6.07) is 18.8. The van der Waals surface area contributed by atoms with Gasteiger partial charge in [0.1, 0.15) is 12.4 Å². The van der Waals surface area contributed by atoms with Gasteiger partial charge >= 0.3 is 6.09 Å². The van der Waals surface area contributed by atoms with Crippen LogP contribution in [0.5, 0.6) is 0 Å². The maximum absolute atomic E-state index is 13.9. The molecule has 0 aliphatic carbocycles. The number of carbonyl (C=O) groups is 3. The Bertz CT molecular complexity index is 1480. The molecule has 2 aliphatic heterocycles. The van der Waals surface area contributed by atoms with E-state index in [1.807, 2.05) is 55.4 Å². The number of nitrogens with zero attached hydrogens (tertiary/aromatic N) is 3. The number of hydrogen-bond donors (Lipinski definition) is 2. The second-order valence-electron chi connectivity index (χ2n) is 9.85. The predicted octanol–water partition coefficient (Wildman–Crippen LogP) is 4.63. The average Bonchev–Trinajstić information content (AvgIpc) is 3.49. The van der Waals surface area contributed by atoms with E-state index in [9.17, 15) is 18.8 Å². The SMILES string of the molecule is CC(=O)N(CCN(C)C)c1ccc(N/C(=C2\C(=O)Nc3cc(F)ccc32)c2ccc(N3CCOC3=O)cc2)cc1. The lowest BCUT2D eigenvalue weighted by atomic mass is 9.99. The minimum Gasteiger partial charge on any atom is -0.447 e. The molecular formula is C30H30FN5O4. The van der Waals surface area contributed by atoms with Gasteiger partial charge in [0.2, 0.25) is 5.91 Å². The number of likely N-dealkylation sites (N-methyl/N-ethyl adjacent to an activating group) is 1. The van der Waals surface area contributed by atoms with Crippen LogP contribution in [-0.4, -0.2) is 63.1 Å². The monoisotopic (exact) mass is 543 g/mol. The number of amides is 3. The summed E-state index contributed by atoms with van der Waals surface area (Å²) in [5.41, 5.74) is 4.67. The largest absolute Gasteiger partial charge is 0.447 e. The second kappa shape index (κ2) is 11.2. The van der Waals surface area contributed by atoms with Gasteiger partial charge in [0.25, 0.3) is 5.91 Å². The Morgan fingerprint density at radius 3 is 2.38 bits per heavy atom. The summed E-state index contributed by atoms with van der Waals surface area (Å²) >= 11 is 0. The number of benzene rings is 3. The lowest BCUT2D eigenvalue weighted by molar-refractivity contribution is -0.116. The van der Waals surface area contributed by atoms with Crippen molar-refractivity contribution in [1.82, 2.24) is 4.90 Å². The van der Waals surface area contributed by atoms with Crippen LogP contribution < -0.4 is 20.4 Å². The predicted molar refractivity (Wildman–Crippen MR) is 154 cm³/mol. The highest BCUT2D eigenvalue weighted by Gasteiger charge is 2.29. The van der Waals surface area contributed by atoms with Gasteiger partial charge in [-0.25, -0.2) is 9.18 Å². The van der Waals surface area contributed by atoms with Crippen molar-refractivity contribution in [2.45, 2.75) is 6.92 Å². The molecule has 3 aromatic rings. The first-order chi connectivity index (χ1) is 19.2. The molecule has 9 nitrogen and oxygen atoms in total. The molecule has 2 N–H and O–H groups in total. The molecular weight excluding hydrogens is 513 g/mol. The summed E-state index contributed by atoms with van der Waals surface area (Å²) < 4.78 is 19.0. The van der Waals surface area contributed by atoms with Gasteiger partial charge < -0.3 is 25.2 Å². The number of nitrogens with one attached hydrogen (secondary N) is 2. The molecule has 0 atom stereocenters. The molecule has 0 saturated carbocycles. The van der Waals surface area contributed by atoms with E-state index < -0.39 is 11.9 Å². The van der Waals surface area contributed by atoms with Crippen LogP contribution in [0.3, 0.4) is 0 Å². The Morgan fingerprint density at radius 2 is 1.75 bits per heavy atom. The maximum Gasteiger partial charge on any atom is 0.414 e. The zero-order valence-corrected chi connectivity index (χ0v) is 22.5. The number of hydrogen-bond acceptors (Lipinski definition) is 6. The van der Waals surface area contributed by atoms with Crippen molar-refractivity contribution in [3.05, 3.63) is 83.7 Å². The number of cyclic esters (lactones) is 1. The highest BCUT2D eigenvalue weighted by molar-refractivity contribution is 6.37. The van der Waals surface area contributed by atoms with Gasteiger partial charge in [-0.05, 0) is 74.3 Å². The zero-order valence-electron chi connectivity index (χ0n) is 22.5. The number of ether oxygens (including phenoxy) is 1. The Balaban J connectivity index is 1.51. The minimum absolute atomic E-state index is 0.0567. The molecule has 0 radical (unpaired) electrons. The van der Waals surface area contributed by atoms with Crippen molar-refractivity contribution < 1.29 is 23.5 Å². The van der Waals surface area contributed by atoms with Gasteiger partial charge in [0, 0.05) is 42.6 Å². The molecule has 2 heterocycles. The van der Waals surface area contributed by atoms with E-state index in [1.165, 1.54) is 19.1 Å². The molecule has 3 amide bonds. The third-order valence-corrected chi connectivity index (χ3v) is 6.80. The lowest BCUT2D eigenvalue weighted by Crippen LogP contribution is -2.35. The molecule has 40 heavy (non-hydrogen) atoms. The van der Waals surface area contributed by atoms with E-state index in [0.717, 1.165) is 12.2 Å². The molecule has 0 aromatic heterocycles. The van der Waals surface area contributed by atoms with Crippen LogP contribution in [0, 0.1) is 5.82 Å². The smallest absolute Gasteiger partial charge is 0.414 e. The van der Waals surface area contributed by atoms with Crippen LogP contribution in [-0.2, 0) is 14.3 Å². The van der Waals surface area contributed by atoms with Crippen molar-refractivity contribution >= 4 is 51.9 Å². The second-order valence-corrected chi connectivity index (χ2v) is 9.85. The fourth-order valence-electron chi connectivity index (χ4n) is 4.75. The van der Waals surface area contributed by atoms with Gasteiger partial charge in [0.15, 0.2) is 0 Å². The molecule has 3 aromatic carbocycles. The molecule has 0 bridgehead atoms. The van der Waals surface area contributed by atoms with Gasteiger partial charge in [-0.2, -0.15) is 0 Å². The molecule has 0 unspecified atom stereocenters. The zero-order chi connectivity index (χ0) is 28.4. The number of anilines is 4. The van der Waals surface area contributed by atoms with E-state index in [4.69, 9.17) is 4.74 Å². The number of fused-ring (bicyclic) bond motifs is 1. The summed E-state index contributed by atoms with van der Waals surface area (Å²) in [6.45, 7) is 3.60. The van der Waals surface area contributed by atoms with Crippen molar-refractivity contribution in [2.24, 2.45) is 0 Å². The van der Waals surface area contributed by atoms with E-state index in [0.29, 0.717) is 59.2 Å². The first-order valence-electron chi connectivity index (χ1n) is 12.9. The fourth-order valence-corrected chi connectivity index (χ4v) is 4.75. The summed E-state index contributed by atoms with van der Waals surface area (Å²) in [5.74, 6) is -0.867. The van der Waals surface area contributed by atoms with Crippen LogP contribution >= 0.6 is 0 Å². The molecule has 10 heteroatoms. The van der Waals surface area contributed by atoms with Crippen LogP contribution in [0.25, 0.3) is 11.3 Å². The summed E-state index contributed by atoms with van der Waals surface area (Å²) in [4.78, 5) is 42.7. The molecule has 2 aliphatic rings. The lowest BCUT2D eigenvalue weighted by Gasteiger charge is -2.23. The summed E-state index contributed by atoms with van der Waals surface area (Å²) in [6.07, 6.45) is -0.402. The Labute approximate surface area is 231 Å². The average molecular weight is 544 g/mol. The number of carbonyl (C=O) groups excluding carboxylic acids is 3. The molecule has 1 saturated heterocycles. The fraction of sp³-hybridized carbons (Fsp3) is 0.233. The van der Waals surface area contributed by atoms with Crippen LogP contribution in [0.2, 0.25) is 0 Å². The van der Waals surface area contributed by atoms with Crippen LogP contribution in [0.1, 0.15) is 18.1 Å². The third-order valence-electron chi connectivity index (χ3n) is 6.80. The first kappa shape index (κ1) is 26.9. The quantitative estimate of drug-likeness (QED) is 0.403. The Morgan fingerprint density at radius 1 is 1.02 bits per heavy atom. The standard InChI is InChI=1S/C30H30FN5O4/c1-19(37)35(15-14-34(2)3)23-11-7-22(8-12-23)32-28(27-25-13-6-21(31)18-26(25)33-29(27)38)20-4-9-24(10-5-20)36-16-17-40-30(36)39/h4-13,18,32H,14-17H2,1-3H3,(H,33,38)/b28-27-. The van der Waals surface area contributed by atoms with Crippen molar-refractivity contribution in [3.8, 4) is 0 Å². The normalized spacial score (nSPS) is 15.6. The van der Waals surface area contributed by atoms with Crippen molar-refractivity contribution in [2.75, 3.05) is 60.8 Å². The Hall–Kier alpha value is -4.70. The Kier molecular flexibility index (Phi) is 7.52. The third kappa shape index (κ3) is 5.52. The summed E-state index contributed by atoms with van der Waals surface area (Å²) in [7, 11) is 3.91. The highest BCUT2D eigenvalue weighted by Crippen LogP contribution is 2.38. The van der Waals surface area contributed by atoms with Gasteiger partial charge in [-0.1, -0.05) is 12.1 Å². The van der Waals surface area contributed by atoms with Gasteiger partial charge in [-0.15, -0.1) is 0 Å². The van der Waals surface area contributed by atoms with Crippen molar-refractivity contribution in [1.29, 1.82) is 0 Å². The molecule has 0 spiro atoms. The molecule has 1 fully saturated rings. The topological polar surface area (TPSA) is 94.2 Å². The molecule has 206 valence electrons. The summed E-state index contributed by atoms with van der Waals surface area (Å²) in [5, 5.41) is 6.13. The number of halogens is 1. The van der Waals surface area contributed by atoms with E-state index in [2.05, 4.69) is 10.6 Å². The van der Waals surface area contributed by atoms with E-state index in [1.54, 1.807) is 28.0 Å². The van der Waals surface area contributed by atoms with Crippen LogP contribution in [0.15, 0.2) is 66.7 Å². The maximum atomic E-state index is 13.9. The van der Waals surface area contributed by atoms with Gasteiger partial charge in [0.05, 0.1) is 23.5 Å². The van der Waals surface area contributed by atoms with Crippen LogP contribution in [0.4, 0.5) is 31.9 Å². The minimum atomic E-state index is -0.448. The molecule has 5 rings (SSSR count). The van der Waals surface area contributed by atoms with Gasteiger partial charge in [-0.3, -0.25) is 14.5 Å². The number of rotatable bonds is 8. The van der Waals surface area contributed by atoms with E-state index >= 15 is 0 Å². The highest BCUT2D eigenvalue weighted by atomic mass is 19.1.